The first-order valence-corrected chi connectivity index (χ1v) is 10.5. The Balaban J connectivity index is 1.47. The molecule has 1 saturated heterocycles. The van der Waals surface area contributed by atoms with E-state index in [0.717, 1.165) is 32.7 Å². The summed E-state index contributed by atoms with van der Waals surface area (Å²) in [4.78, 5) is 15.2. The van der Waals surface area contributed by atoms with Crippen LogP contribution in [0, 0.1) is 0 Å². The Hall–Kier alpha value is -3.10. The monoisotopic (exact) mass is 428 g/mol. The first-order chi connectivity index (χ1) is 15.1. The van der Waals surface area contributed by atoms with Crippen molar-refractivity contribution in [3.05, 3.63) is 53.6 Å². The van der Waals surface area contributed by atoms with E-state index in [4.69, 9.17) is 14.2 Å². The maximum absolute atomic E-state index is 12.3. The van der Waals surface area contributed by atoms with Crippen LogP contribution in [0.15, 0.2) is 47.6 Å². The quantitative estimate of drug-likeness (QED) is 0.359. The lowest BCUT2D eigenvalue weighted by Gasteiger charge is -2.29. The third kappa shape index (κ3) is 6.19. The van der Waals surface area contributed by atoms with Gasteiger partial charge in [-0.2, -0.15) is 5.10 Å². The molecule has 3 rings (SSSR count). The minimum absolute atomic E-state index is 0.0998. The molecule has 0 saturated carbocycles. The molecule has 166 valence electrons. The van der Waals surface area contributed by atoms with Crippen molar-refractivity contribution >= 4 is 12.1 Å². The number of piperazine rings is 1. The first-order valence-electron chi connectivity index (χ1n) is 10.5. The molecule has 2 aromatic rings. The fraction of sp³-hybridized carbons (Fsp3) is 0.391. The predicted molar refractivity (Wildman–Crippen MR) is 118 cm³/mol. The van der Waals surface area contributed by atoms with E-state index < -0.39 is 0 Å². The fourth-order valence-corrected chi connectivity index (χ4v) is 3.86. The normalized spacial score (nSPS) is 18.5. The number of carbonyl (C=O) groups is 1. The molecule has 0 atom stereocenters. The van der Waals surface area contributed by atoms with Crippen LogP contribution in [0.2, 0.25) is 0 Å². The molecule has 2 aromatic carbocycles. The molecule has 1 heterocycles. The molecule has 1 aliphatic rings. The van der Waals surface area contributed by atoms with Crippen molar-refractivity contribution in [3.8, 4) is 17.2 Å². The van der Waals surface area contributed by atoms with Gasteiger partial charge in [0.1, 0.15) is 32.7 Å². The van der Waals surface area contributed by atoms with Crippen molar-refractivity contribution in [3.63, 3.8) is 0 Å². The Kier molecular flexibility index (Phi) is 8.26. The summed E-state index contributed by atoms with van der Waals surface area (Å²) in [5, 5.41) is 4.10. The summed E-state index contributed by atoms with van der Waals surface area (Å²) in [6, 6.07) is 14.1. The Bertz CT molecular complexity index is 881. The van der Waals surface area contributed by atoms with Crippen LogP contribution in [0.3, 0.4) is 0 Å². The van der Waals surface area contributed by atoms with Crippen LogP contribution in [0.5, 0.6) is 17.2 Å². The van der Waals surface area contributed by atoms with Gasteiger partial charge in [0.15, 0.2) is 18.0 Å². The number of nitrogens with one attached hydrogen (secondary N) is 3. The summed E-state index contributed by atoms with van der Waals surface area (Å²) in [5.41, 5.74) is 4.67. The first kappa shape index (κ1) is 22.6. The summed E-state index contributed by atoms with van der Waals surface area (Å²) in [5.74, 6) is 1.46. The van der Waals surface area contributed by atoms with Gasteiger partial charge >= 0.3 is 0 Å². The zero-order chi connectivity index (χ0) is 22.1. The Morgan fingerprint density at radius 1 is 0.935 bits per heavy atom. The molecule has 1 fully saturated rings. The van der Waals surface area contributed by atoms with Crippen molar-refractivity contribution < 1.29 is 28.8 Å². The average molecular weight is 429 g/mol. The van der Waals surface area contributed by atoms with Gasteiger partial charge in [-0.1, -0.05) is 30.3 Å². The number of rotatable bonds is 9. The highest BCUT2D eigenvalue weighted by atomic mass is 16.5. The van der Waals surface area contributed by atoms with Crippen molar-refractivity contribution in [2.45, 2.75) is 6.54 Å². The van der Waals surface area contributed by atoms with Gasteiger partial charge in [0.25, 0.3) is 5.91 Å². The van der Waals surface area contributed by atoms with E-state index in [1.54, 1.807) is 44.6 Å². The lowest BCUT2D eigenvalue weighted by molar-refractivity contribution is -1.02. The molecule has 0 aromatic heterocycles. The maximum Gasteiger partial charge on any atom is 0.295 e. The molecule has 0 aliphatic carbocycles. The van der Waals surface area contributed by atoms with Crippen molar-refractivity contribution in [2.24, 2.45) is 5.10 Å². The van der Waals surface area contributed by atoms with Gasteiger partial charge in [-0.05, 0) is 12.1 Å². The maximum atomic E-state index is 12.3. The number of nitrogens with zero attached hydrogens (tertiary/aromatic N) is 1. The van der Waals surface area contributed by atoms with Gasteiger partial charge in [-0.25, -0.2) is 5.43 Å². The highest BCUT2D eigenvalue weighted by Gasteiger charge is 2.24. The molecule has 0 unspecified atom stereocenters. The molecule has 8 heteroatoms. The average Bonchev–Trinajstić information content (AvgIpc) is 2.80. The zero-order valence-corrected chi connectivity index (χ0v) is 18.4. The number of benzene rings is 2. The summed E-state index contributed by atoms with van der Waals surface area (Å²) in [6.45, 7) is 5.52. The second kappa shape index (κ2) is 11.3. The molecule has 3 N–H and O–H groups in total. The molecule has 1 amide bonds. The van der Waals surface area contributed by atoms with E-state index in [-0.39, 0.29) is 5.91 Å². The van der Waals surface area contributed by atoms with E-state index in [9.17, 15) is 4.79 Å². The number of ether oxygens (including phenoxy) is 3. The number of amides is 1. The van der Waals surface area contributed by atoms with Crippen LogP contribution in [0.25, 0.3) is 0 Å². The lowest BCUT2D eigenvalue weighted by Crippen LogP contribution is -3.28. The zero-order valence-electron chi connectivity index (χ0n) is 18.4. The largest absolute Gasteiger partial charge is 0.493 e. The summed E-state index contributed by atoms with van der Waals surface area (Å²) in [6.07, 6.45) is 1.55. The third-order valence-electron chi connectivity index (χ3n) is 5.50. The Labute approximate surface area is 183 Å². The van der Waals surface area contributed by atoms with Gasteiger partial charge in [0.05, 0.1) is 27.5 Å². The van der Waals surface area contributed by atoms with Crippen LogP contribution >= 0.6 is 0 Å². The predicted octanol–water partition coefficient (Wildman–Crippen LogP) is -0.854. The standard InChI is InChI=1S/C23H30N4O4/c1-29-20-10-9-19(22(30-2)23(20)31-3)15-24-25-21(28)17-27-13-11-26(12-14-27)16-18-7-5-4-6-8-18/h4-10,15H,11-14,16-17H2,1-3H3,(H,25,28)/p+2/b24-15-. The molecule has 0 spiro atoms. The van der Waals surface area contributed by atoms with Crippen LogP contribution in [-0.2, 0) is 11.3 Å². The van der Waals surface area contributed by atoms with E-state index in [0.29, 0.717) is 29.4 Å². The number of methoxy groups -OCH3 is 3. The fourth-order valence-electron chi connectivity index (χ4n) is 3.86. The Morgan fingerprint density at radius 3 is 2.26 bits per heavy atom. The number of hydrazone groups is 1. The van der Waals surface area contributed by atoms with Gasteiger partial charge in [-0.3, -0.25) is 4.79 Å². The van der Waals surface area contributed by atoms with Crippen LogP contribution in [-0.4, -0.2) is 66.2 Å². The van der Waals surface area contributed by atoms with Crippen molar-refractivity contribution in [2.75, 3.05) is 54.1 Å². The summed E-state index contributed by atoms with van der Waals surface area (Å²) in [7, 11) is 4.67. The number of quaternary nitrogens is 2. The second-order valence-electron chi connectivity index (χ2n) is 7.56. The third-order valence-corrected chi connectivity index (χ3v) is 5.50. The van der Waals surface area contributed by atoms with E-state index in [1.165, 1.54) is 10.5 Å². The van der Waals surface area contributed by atoms with Crippen molar-refractivity contribution in [1.29, 1.82) is 0 Å². The summed E-state index contributed by atoms with van der Waals surface area (Å²) < 4.78 is 16.1. The minimum Gasteiger partial charge on any atom is -0.493 e. The molecular formula is C23H32N4O4+2. The highest BCUT2D eigenvalue weighted by Crippen LogP contribution is 2.38. The molecule has 8 nitrogen and oxygen atoms in total. The molecular weight excluding hydrogens is 396 g/mol. The summed E-state index contributed by atoms with van der Waals surface area (Å²) >= 11 is 0. The minimum atomic E-state index is -0.0998. The number of hydrogen-bond donors (Lipinski definition) is 3. The van der Waals surface area contributed by atoms with Gasteiger partial charge in [0, 0.05) is 11.1 Å². The van der Waals surface area contributed by atoms with Gasteiger partial charge in [-0.15, -0.1) is 0 Å². The van der Waals surface area contributed by atoms with Crippen molar-refractivity contribution in [1.82, 2.24) is 5.43 Å². The second-order valence-corrected chi connectivity index (χ2v) is 7.56. The van der Waals surface area contributed by atoms with E-state index in [2.05, 4.69) is 34.8 Å². The van der Waals surface area contributed by atoms with E-state index in [1.807, 2.05) is 6.07 Å². The van der Waals surface area contributed by atoms with Crippen LogP contribution in [0.4, 0.5) is 0 Å². The molecule has 1 aliphatic heterocycles. The van der Waals surface area contributed by atoms with E-state index >= 15 is 0 Å². The SMILES string of the molecule is COc1ccc(/C=N\NC(=O)C[NH+]2CC[NH+](Cc3ccccc3)CC2)c(OC)c1OC. The highest BCUT2D eigenvalue weighted by molar-refractivity contribution is 5.87. The molecule has 31 heavy (non-hydrogen) atoms. The Morgan fingerprint density at radius 2 is 1.61 bits per heavy atom. The number of carbonyl (C=O) groups excluding carboxylic acids is 1. The smallest absolute Gasteiger partial charge is 0.295 e. The molecule has 0 bridgehead atoms. The van der Waals surface area contributed by atoms with Crippen LogP contribution < -0.4 is 29.4 Å². The number of hydrogen-bond acceptors (Lipinski definition) is 5. The topological polar surface area (TPSA) is 78.0 Å². The van der Waals surface area contributed by atoms with Crippen LogP contribution in [0.1, 0.15) is 11.1 Å². The molecule has 0 radical (unpaired) electrons. The lowest BCUT2D eigenvalue weighted by atomic mass is 10.2. The van der Waals surface area contributed by atoms with Gasteiger partial charge < -0.3 is 24.0 Å². The van der Waals surface area contributed by atoms with Gasteiger partial charge in [0.2, 0.25) is 5.75 Å².